The van der Waals surface area contributed by atoms with E-state index < -0.39 is 11.9 Å². The number of anilines is 1. The normalized spacial score (nSPS) is 14.8. The minimum Gasteiger partial charge on any atom is -0.490 e. The van der Waals surface area contributed by atoms with E-state index in [0.717, 1.165) is 19.3 Å². The van der Waals surface area contributed by atoms with Crippen molar-refractivity contribution in [1.82, 2.24) is 4.98 Å². The molecule has 1 amide bonds. The summed E-state index contributed by atoms with van der Waals surface area (Å²) in [6.07, 6.45) is 4.77. The zero-order chi connectivity index (χ0) is 25.1. The van der Waals surface area contributed by atoms with E-state index in [9.17, 15) is 9.59 Å². The van der Waals surface area contributed by atoms with Crippen LogP contribution < -0.4 is 19.8 Å². The van der Waals surface area contributed by atoms with Crippen molar-refractivity contribution in [3.05, 3.63) is 94.0 Å². The molecule has 0 N–H and O–H groups in total. The third-order valence-electron chi connectivity index (χ3n) is 6.26. The van der Waals surface area contributed by atoms with Crippen molar-refractivity contribution >= 4 is 22.7 Å². The van der Waals surface area contributed by atoms with Crippen molar-refractivity contribution in [3.8, 4) is 11.5 Å². The molecule has 2 aromatic heterocycles. The summed E-state index contributed by atoms with van der Waals surface area (Å²) in [5, 5.41) is 0.429. The number of para-hydroxylation sites is 1. The summed E-state index contributed by atoms with van der Waals surface area (Å²) < 4.78 is 17.9. The van der Waals surface area contributed by atoms with Gasteiger partial charge in [0, 0.05) is 6.20 Å². The van der Waals surface area contributed by atoms with Gasteiger partial charge in [0.1, 0.15) is 11.4 Å². The van der Waals surface area contributed by atoms with Gasteiger partial charge in [-0.2, -0.15) is 0 Å². The van der Waals surface area contributed by atoms with Gasteiger partial charge in [0.05, 0.1) is 30.2 Å². The van der Waals surface area contributed by atoms with Crippen molar-refractivity contribution in [2.24, 2.45) is 0 Å². The van der Waals surface area contributed by atoms with Crippen LogP contribution in [0.5, 0.6) is 11.5 Å². The third-order valence-corrected chi connectivity index (χ3v) is 6.26. The van der Waals surface area contributed by atoms with Crippen molar-refractivity contribution in [2.75, 3.05) is 18.1 Å². The van der Waals surface area contributed by atoms with Gasteiger partial charge in [-0.1, -0.05) is 44.0 Å². The van der Waals surface area contributed by atoms with Crippen LogP contribution in [0.1, 0.15) is 60.8 Å². The largest absolute Gasteiger partial charge is 0.490 e. The van der Waals surface area contributed by atoms with Crippen LogP contribution in [0.2, 0.25) is 0 Å². The number of unbranched alkanes of at least 4 members (excludes halogenated alkanes) is 2. The van der Waals surface area contributed by atoms with Gasteiger partial charge in [0.2, 0.25) is 5.76 Å². The molecule has 7 heteroatoms. The number of rotatable bonds is 9. The molecular formula is C29H28N2O5. The molecule has 0 bridgehead atoms. The first kappa shape index (κ1) is 23.6. The molecule has 0 radical (unpaired) electrons. The lowest BCUT2D eigenvalue weighted by atomic mass is 9.98. The summed E-state index contributed by atoms with van der Waals surface area (Å²) in [4.78, 5) is 33.3. The highest BCUT2D eigenvalue weighted by Crippen LogP contribution is 2.42. The highest BCUT2D eigenvalue weighted by atomic mass is 16.5. The second-order valence-electron chi connectivity index (χ2n) is 8.63. The van der Waals surface area contributed by atoms with E-state index in [-0.39, 0.29) is 11.2 Å². The number of benzene rings is 2. The molecule has 0 spiro atoms. The van der Waals surface area contributed by atoms with Crippen LogP contribution in [-0.4, -0.2) is 24.1 Å². The van der Waals surface area contributed by atoms with Gasteiger partial charge < -0.3 is 13.9 Å². The Bertz CT molecular complexity index is 1450. The Kier molecular flexibility index (Phi) is 6.71. The number of amides is 1. The standard InChI is InChI=1S/C29H28N2O5/c1-3-5-10-17-35-22-15-14-19(18-23(22)34-4-2)26-25-27(32)20-11-6-7-12-21(20)36-28(25)29(33)31(26)24-13-8-9-16-30-24/h6-9,11-16,18,26H,3-5,10,17H2,1-2H3/t26-/m1/s1. The predicted molar refractivity (Wildman–Crippen MR) is 138 cm³/mol. The van der Waals surface area contributed by atoms with Gasteiger partial charge in [0.15, 0.2) is 16.9 Å². The summed E-state index contributed by atoms with van der Waals surface area (Å²) in [7, 11) is 0. The average molecular weight is 485 g/mol. The molecule has 0 saturated heterocycles. The third kappa shape index (κ3) is 4.21. The van der Waals surface area contributed by atoms with Crippen molar-refractivity contribution < 1.29 is 18.7 Å². The molecule has 0 aliphatic carbocycles. The molecule has 0 saturated carbocycles. The van der Waals surface area contributed by atoms with Gasteiger partial charge in [-0.05, 0) is 55.3 Å². The smallest absolute Gasteiger partial charge is 0.296 e. The average Bonchev–Trinajstić information content (AvgIpc) is 3.20. The summed E-state index contributed by atoms with van der Waals surface area (Å²) in [6, 6.07) is 17.1. The molecule has 5 rings (SSSR count). The van der Waals surface area contributed by atoms with Crippen LogP contribution in [0.25, 0.3) is 11.0 Å². The number of carbonyl (C=O) groups is 1. The van der Waals surface area contributed by atoms with E-state index >= 15 is 0 Å². The maximum atomic E-state index is 13.7. The van der Waals surface area contributed by atoms with Gasteiger partial charge >= 0.3 is 0 Å². The fourth-order valence-corrected chi connectivity index (χ4v) is 4.58. The quantitative estimate of drug-likeness (QED) is 0.275. The van der Waals surface area contributed by atoms with E-state index in [0.29, 0.717) is 52.6 Å². The van der Waals surface area contributed by atoms with Crippen LogP contribution in [0.3, 0.4) is 0 Å². The molecular weight excluding hydrogens is 456 g/mol. The Balaban J connectivity index is 1.66. The van der Waals surface area contributed by atoms with Crippen LogP contribution >= 0.6 is 0 Å². The van der Waals surface area contributed by atoms with Crippen molar-refractivity contribution in [2.45, 2.75) is 39.2 Å². The SMILES string of the molecule is CCCCCOc1ccc([C@@H]2c3c(oc4ccccc4c3=O)C(=O)N2c2ccccn2)cc1OCC. The second-order valence-corrected chi connectivity index (χ2v) is 8.63. The maximum absolute atomic E-state index is 13.7. The first-order chi connectivity index (χ1) is 17.6. The van der Waals surface area contributed by atoms with E-state index in [1.54, 1.807) is 48.7 Å². The van der Waals surface area contributed by atoms with E-state index in [4.69, 9.17) is 13.9 Å². The predicted octanol–water partition coefficient (Wildman–Crippen LogP) is 5.91. The van der Waals surface area contributed by atoms with E-state index in [2.05, 4.69) is 11.9 Å². The number of nitrogens with zero attached hydrogens (tertiary/aromatic N) is 2. The van der Waals surface area contributed by atoms with Crippen LogP contribution in [-0.2, 0) is 0 Å². The first-order valence-corrected chi connectivity index (χ1v) is 12.3. The second kappa shape index (κ2) is 10.2. The summed E-state index contributed by atoms with van der Waals surface area (Å²) >= 11 is 0. The minimum absolute atomic E-state index is 0.0344. The first-order valence-electron chi connectivity index (χ1n) is 12.3. The molecule has 0 fully saturated rings. The maximum Gasteiger partial charge on any atom is 0.296 e. The molecule has 4 aromatic rings. The molecule has 36 heavy (non-hydrogen) atoms. The number of ether oxygens (including phenoxy) is 2. The lowest BCUT2D eigenvalue weighted by molar-refractivity contribution is 0.0970. The molecule has 1 aliphatic rings. The van der Waals surface area contributed by atoms with E-state index in [1.807, 2.05) is 25.1 Å². The fourth-order valence-electron chi connectivity index (χ4n) is 4.58. The highest BCUT2D eigenvalue weighted by Gasteiger charge is 2.44. The zero-order valence-electron chi connectivity index (χ0n) is 20.4. The highest BCUT2D eigenvalue weighted by molar-refractivity contribution is 6.10. The van der Waals surface area contributed by atoms with Gasteiger partial charge in [0.25, 0.3) is 5.91 Å². The molecule has 1 aliphatic heterocycles. The molecule has 7 nitrogen and oxygen atoms in total. The number of aromatic nitrogens is 1. The number of hydrogen-bond acceptors (Lipinski definition) is 6. The molecule has 3 heterocycles. The molecule has 0 unspecified atom stereocenters. The number of fused-ring (bicyclic) bond motifs is 2. The monoisotopic (exact) mass is 484 g/mol. The summed E-state index contributed by atoms with van der Waals surface area (Å²) in [6.45, 7) is 5.09. The molecule has 184 valence electrons. The number of pyridine rings is 1. The van der Waals surface area contributed by atoms with Crippen LogP contribution in [0, 0.1) is 0 Å². The fraction of sp³-hybridized carbons (Fsp3) is 0.276. The van der Waals surface area contributed by atoms with Crippen molar-refractivity contribution in [1.29, 1.82) is 0 Å². The van der Waals surface area contributed by atoms with Gasteiger partial charge in [-0.3, -0.25) is 14.5 Å². The lowest BCUT2D eigenvalue weighted by Crippen LogP contribution is -2.30. The topological polar surface area (TPSA) is 81.9 Å². The van der Waals surface area contributed by atoms with Crippen LogP contribution in [0.15, 0.2) is 76.1 Å². The Labute approximate surface area is 209 Å². The lowest BCUT2D eigenvalue weighted by Gasteiger charge is -2.25. The van der Waals surface area contributed by atoms with E-state index in [1.165, 1.54) is 4.90 Å². The summed E-state index contributed by atoms with van der Waals surface area (Å²) in [5.74, 6) is 1.26. The van der Waals surface area contributed by atoms with Gasteiger partial charge in [-0.25, -0.2) is 4.98 Å². The summed E-state index contributed by atoms with van der Waals surface area (Å²) in [5.41, 5.74) is 1.15. The molecule has 1 atom stereocenters. The Hall–Kier alpha value is -4.13. The number of hydrogen-bond donors (Lipinski definition) is 0. The Morgan fingerprint density at radius 2 is 1.78 bits per heavy atom. The Morgan fingerprint density at radius 1 is 0.944 bits per heavy atom. The number of carbonyl (C=O) groups excluding carboxylic acids is 1. The zero-order valence-corrected chi connectivity index (χ0v) is 20.4. The van der Waals surface area contributed by atoms with Gasteiger partial charge in [-0.15, -0.1) is 0 Å². The molecule has 2 aromatic carbocycles. The minimum atomic E-state index is -0.725. The van der Waals surface area contributed by atoms with Crippen LogP contribution in [0.4, 0.5) is 5.82 Å². The van der Waals surface area contributed by atoms with Crippen molar-refractivity contribution in [3.63, 3.8) is 0 Å². The Morgan fingerprint density at radius 3 is 2.56 bits per heavy atom.